The third kappa shape index (κ3) is 18.5. The summed E-state index contributed by atoms with van der Waals surface area (Å²) in [5.41, 5.74) is 4.12. The van der Waals surface area contributed by atoms with Crippen molar-refractivity contribution in [3.05, 3.63) is 140 Å². The Labute approximate surface area is 630 Å². The first-order valence-electron chi connectivity index (χ1n) is 36.3. The summed E-state index contributed by atoms with van der Waals surface area (Å²) in [7, 11) is -3.47. The third-order valence-electron chi connectivity index (χ3n) is 20.1. The number of hydrogen-bond donors (Lipinski definition) is 1. The lowest BCUT2D eigenvalue weighted by atomic mass is 9.96. The van der Waals surface area contributed by atoms with Gasteiger partial charge in [0.2, 0.25) is 60.9 Å². The molecule has 2 aromatic carbocycles. The second-order valence-corrected chi connectivity index (χ2v) is 46.6. The summed E-state index contributed by atoms with van der Waals surface area (Å²) in [6.45, 7) is 46.0. The number of nitrogens with zero attached hydrogens (tertiary/aromatic N) is 8. The number of amides is 5. The Kier molecular flexibility index (Phi) is 29.0. The molecular weight excluding hydrogens is 1430 g/mol. The number of β-lactam (4-membered cyclic amide) rings is 4. The molecule has 0 unspecified atom stereocenters. The largest absolute Gasteiger partial charge is 0.497 e. The predicted molar refractivity (Wildman–Crippen MR) is 404 cm³/mol. The minimum atomic E-state index is -2.34. The van der Waals surface area contributed by atoms with Gasteiger partial charge >= 0.3 is 12.1 Å². The van der Waals surface area contributed by atoms with Gasteiger partial charge in [0.05, 0.1) is 45.2 Å². The van der Waals surface area contributed by atoms with Crippen LogP contribution in [0.4, 0.5) is 16.2 Å². The van der Waals surface area contributed by atoms with Gasteiger partial charge in [-0.3, -0.25) is 38.6 Å². The maximum atomic E-state index is 13.3. The van der Waals surface area contributed by atoms with E-state index in [-0.39, 0.29) is 41.6 Å². The first-order valence-corrected chi connectivity index (χ1v) is 42.8. The molecule has 107 heavy (non-hydrogen) atoms. The number of rotatable bonds is 25. The lowest BCUT2D eigenvalue weighted by Gasteiger charge is -2.51. The van der Waals surface area contributed by atoms with Crippen LogP contribution < -0.4 is 24.6 Å². The van der Waals surface area contributed by atoms with Gasteiger partial charge in [-0.15, -0.1) is 0 Å². The Balaban J connectivity index is 0.000000194. The third-order valence-corrected chi connectivity index (χ3v) is 38.3. The Hall–Kier alpha value is -8.89. The number of nitrogens with one attached hydrogen (secondary N) is 1. The van der Waals surface area contributed by atoms with Crippen molar-refractivity contribution in [2.45, 2.75) is 256 Å². The van der Waals surface area contributed by atoms with Crippen molar-refractivity contribution in [3.63, 3.8) is 0 Å². The Morgan fingerprint density at radius 3 is 1.08 bits per heavy atom. The van der Waals surface area contributed by atoms with Crippen LogP contribution in [-0.4, -0.2) is 141 Å². The summed E-state index contributed by atoms with van der Waals surface area (Å²) in [5.74, 6) is 1.85. The van der Waals surface area contributed by atoms with E-state index in [1.807, 2.05) is 24.3 Å². The zero-order valence-electron chi connectivity index (χ0n) is 66.1. The van der Waals surface area contributed by atoms with Gasteiger partial charge in [-0.1, -0.05) is 125 Å². The van der Waals surface area contributed by atoms with Gasteiger partial charge in [0.1, 0.15) is 60.5 Å². The Morgan fingerprint density at radius 2 is 0.785 bits per heavy atom. The van der Waals surface area contributed by atoms with E-state index in [0.29, 0.717) is 85.3 Å². The van der Waals surface area contributed by atoms with E-state index in [1.165, 1.54) is 55.5 Å². The highest BCUT2D eigenvalue weighted by Gasteiger charge is 2.62. The fraction of sp³-hybridized carbons (Fsp3) is 0.553. The number of imide groups is 1. The van der Waals surface area contributed by atoms with Crippen LogP contribution in [0.5, 0.6) is 11.5 Å². The summed E-state index contributed by atoms with van der Waals surface area (Å²) >= 11 is 0. The molecule has 4 fully saturated rings. The highest BCUT2D eigenvalue weighted by Crippen LogP contribution is 2.52. The second kappa shape index (κ2) is 36.3. The maximum absolute atomic E-state index is 13.3. The minimum absolute atomic E-state index is 0.0443. The van der Waals surface area contributed by atoms with Crippen molar-refractivity contribution in [1.29, 1.82) is 0 Å². The number of oxazole rings is 5. The van der Waals surface area contributed by atoms with Crippen LogP contribution in [-0.2, 0) is 46.7 Å². The van der Waals surface area contributed by atoms with Crippen molar-refractivity contribution in [2.75, 3.05) is 24.0 Å². The molecule has 5 aromatic heterocycles. The predicted octanol–water partition coefficient (Wildman–Crippen LogP) is 16.0. The zero-order valence-corrected chi connectivity index (χ0v) is 69.1. The number of esters is 1. The summed E-state index contributed by atoms with van der Waals surface area (Å²) in [4.78, 5) is 109. The standard InChI is InChI=1S/C22H32N2O4Si.C20H34N2O5Si.C15H14N2O5.C15H26N2O3Si.C4H3NO2/c1-14(2)29(15(3)4,16(5)6)28-20-19(21-23-12-13-27-21)24(22(20)25)17-8-10-18(26-7)11-9-17;1-12(2)28(13(3)4,14(5)6)27-16-15(17-21-10-11-25-17)22(18(16)23)19(24)26-20(7,8)9;1-9(18)22-13-12(14-16-7-8-21-14)17(15(13)19)10-3-5-11(20-2)6-4-10;1-9(2)21(10(3)4,11(5)6)20-13-12(17-14(13)18)15-16-7-8-19-15;6-3-4-5-1-2-7-4/h8-16,19-20H,1-7H3;10-16H,1-9H3;3-8,12-13H,1-2H3;7-13H,1-6H3,(H,17,18);1-3H/t19-,20-;15-,16-;2*12-,13-;/m1111./s1. The van der Waals surface area contributed by atoms with Crippen molar-refractivity contribution in [3.8, 4) is 11.5 Å². The highest BCUT2D eigenvalue weighted by molar-refractivity contribution is 6.79. The molecule has 9 heterocycles. The Bertz CT molecular complexity index is 3890. The maximum Gasteiger partial charge on any atom is 0.417 e. The average molecular weight is 1540 g/mol. The lowest BCUT2D eigenvalue weighted by molar-refractivity contribution is -0.164. The van der Waals surface area contributed by atoms with E-state index in [0.717, 1.165) is 16.3 Å². The van der Waals surface area contributed by atoms with Crippen molar-refractivity contribution in [2.24, 2.45) is 0 Å². The van der Waals surface area contributed by atoms with E-state index >= 15 is 0 Å². The molecule has 0 radical (unpaired) electrons. The Morgan fingerprint density at radius 1 is 0.458 bits per heavy atom. The van der Waals surface area contributed by atoms with Crippen molar-refractivity contribution >= 4 is 78.3 Å². The molecule has 0 spiro atoms. The zero-order chi connectivity index (χ0) is 79.4. The summed E-state index contributed by atoms with van der Waals surface area (Å²) in [5, 5.41) is 2.84. The molecule has 0 saturated carbocycles. The van der Waals surface area contributed by atoms with Gasteiger partial charge in [-0.05, 0) is 119 Å². The van der Waals surface area contributed by atoms with Crippen LogP contribution >= 0.6 is 0 Å². The second-order valence-electron chi connectivity index (χ2n) is 30.4. The number of methoxy groups -OCH3 is 2. The summed E-state index contributed by atoms with van der Waals surface area (Å²) < 4.78 is 67.0. The molecule has 584 valence electrons. The topological polar surface area (TPSA) is 336 Å². The number of ether oxygens (including phenoxy) is 4. The number of benzene rings is 2. The fourth-order valence-electron chi connectivity index (χ4n) is 15.6. The number of aromatic nitrogens is 5. The van der Waals surface area contributed by atoms with Gasteiger partial charge in [0.15, 0.2) is 30.4 Å². The molecule has 11 rings (SSSR count). The van der Waals surface area contributed by atoms with E-state index in [9.17, 15) is 33.6 Å². The molecule has 28 nitrogen and oxygen atoms in total. The lowest BCUT2D eigenvalue weighted by Crippen LogP contribution is -2.66. The van der Waals surface area contributed by atoms with Gasteiger partial charge in [-0.25, -0.2) is 34.6 Å². The monoisotopic (exact) mass is 1540 g/mol. The molecule has 8 atom stereocenters. The number of likely N-dealkylation sites (tertiary alicyclic amines) is 1. The van der Waals surface area contributed by atoms with Gasteiger partial charge < -0.3 is 59.6 Å². The quantitative estimate of drug-likeness (QED) is 0.0240. The van der Waals surface area contributed by atoms with Gasteiger partial charge in [0.25, 0.3) is 29.5 Å². The van der Waals surface area contributed by atoms with E-state index < -0.39 is 85.0 Å². The molecule has 1 N–H and O–H groups in total. The van der Waals surface area contributed by atoms with Crippen LogP contribution in [0.25, 0.3) is 0 Å². The number of aldehydes is 1. The summed E-state index contributed by atoms with van der Waals surface area (Å²) in [6, 6.07) is 12.5. The number of carbonyl (C=O) groups excluding carboxylic acids is 7. The average Bonchev–Trinajstić information content (AvgIpc) is 1.64. The van der Waals surface area contributed by atoms with Crippen LogP contribution in [0.3, 0.4) is 0 Å². The summed E-state index contributed by atoms with van der Waals surface area (Å²) in [6.07, 6.45) is 12.0. The first kappa shape index (κ1) is 85.4. The number of hydrogen-bond acceptors (Lipinski definition) is 24. The molecular formula is C76H109N9O19Si3. The SMILES string of the molecule is CC(C)[Si](O[C@H]1C(=O)N(C(=O)OC(C)(C)C)[C@H]1c1ncco1)(C(C)C)C(C)C.CC(C)[Si](O[C@H]1C(=O)N[C@H]1c1ncco1)(C(C)C)C(C)C.COc1ccc(N2C(=O)[C@H](OC(C)=O)[C@@H]2c2ncco2)cc1.COc1ccc(N2C(=O)[C@H](O[Si](C(C)C)(C(C)C)C(C)C)[C@@H]2c2ncco2)cc1.O=Cc1ncco1. The van der Waals surface area contributed by atoms with Gasteiger partial charge in [-0.2, -0.15) is 0 Å². The van der Waals surface area contributed by atoms with Crippen LogP contribution in [0.1, 0.15) is 211 Å². The van der Waals surface area contributed by atoms with Crippen molar-refractivity contribution < 1.29 is 87.9 Å². The molecule has 31 heteroatoms. The van der Waals surface area contributed by atoms with Crippen molar-refractivity contribution in [1.82, 2.24) is 35.1 Å². The molecule has 4 aliphatic heterocycles. The smallest absolute Gasteiger partial charge is 0.417 e. The molecule has 0 bridgehead atoms. The van der Waals surface area contributed by atoms with Crippen LogP contribution in [0.2, 0.25) is 49.9 Å². The fourth-order valence-corrected chi connectivity index (χ4v) is 32.1. The molecule has 4 saturated heterocycles. The normalized spacial score (nSPS) is 20.1. The molecule has 7 aromatic rings. The van der Waals surface area contributed by atoms with Gasteiger partial charge in [0, 0.05) is 18.3 Å². The van der Waals surface area contributed by atoms with E-state index in [1.54, 1.807) is 82.8 Å². The first-order chi connectivity index (χ1) is 50.4. The molecule has 0 aliphatic carbocycles. The molecule has 4 aliphatic rings. The van der Waals surface area contributed by atoms with Crippen LogP contribution in [0, 0.1) is 0 Å². The molecule has 5 amide bonds. The van der Waals surface area contributed by atoms with Crippen LogP contribution in [0.15, 0.2) is 133 Å². The van der Waals surface area contributed by atoms with E-state index in [2.05, 4.69) is 159 Å². The van der Waals surface area contributed by atoms with E-state index in [4.69, 9.17) is 49.9 Å². The highest BCUT2D eigenvalue weighted by atomic mass is 28.4. The minimum Gasteiger partial charge on any atom is -0.497 e. The number of carbonyl (C=O) groups is 7. The number of anilines is 2.